The van der Waals surface area contributed by atoms with E-state index in [4.69, 9.17) is 10.5 Å². The quantitative estimate of drug-likeness (QED) is 0.590. The zero-order chi connectivity index (χ0) is 14.0. The van der Waals surface area contributed by atoms with Gasteiger partial charge in [0.1, 0.15) is 0 Å². The molecular formula is C13H30ClN3O2. The summed E-state index contributed by atoms with van der Waals surface area (Å²) in [4.78, 5) is 14.0. The molecule has 0 spiro atoms. The van der Waals surface area contributed by atoms with Crippen molar-refractivity contribution in [1.29, 1.82) is 0 Å². The molecule has 19 heavy (non-hydrogen) atoms. The second-order valence-electron chi connectivity index (χ2n) is 5.07. The number of nitrogens with zero attached hydrogens (tertiary/aromatic N) is 1. The molecule has 0 radical (unpaired) electrons. The van der Waals surface area contributed by atoms with Gasteiger partial charge in [-0.05, 0) is 26.8 Å². The van der Waals surface area contributed by atoms with Gasteiger partial charge >= 0.3 is 0 Å². The molecule has 0 rings (SSSR count). The molecule has 0 fully saturated rings. The summed E-state index contributed by atoms with van der Waals surface area (Å²) < 4.78 is 4.99. The van der Waals surface area contributed by atoms with E-state index in [0.29, 0.717) is 13.0 Å². The predicted octanol–water partition coefficient (Wildman–Crippen LogP) is 1.01. The smallest absolute Gasteiger partial charge is 0.239 e. The van der Waals surface area contributed by atoms with Crippen molar-refractivity contribution in [2.75, 3.05) is 40.4 Å². The Morgan fingerprint density at radius 2 is 2.05 bits per heavy atom. The number of rotatable bonds is 10. The molecule has 5 nitrogen and oxygen atoms in total. The SMILES string of the molecule is CCCC(C)(N)C(=O)NCCN(C)CCCOC.Cl. The van der Waals surface area contributed by atoms with E-state index in [9.17, 15) is 4.79 Å². The highest BCUT2D eigenvalue weighted by Gasteiger charge is 2.26. The monoisotopic (exact) mass is 295 g/mol. The highest BCUT2D eigenvalue weighted by atomic mass is 35.5. The number of nitrogens with two attached hydrogens (primary N) is 1. The molecule has 116 valence electrons. The van der Waals surface area contributed by atoms with Crippen molar-refractivity contribution in [3.63, 3.8) is 0 Å². The van der Waals surface area contributed by atoms with Crippen molar-refractivity contribution in [3.8, 4) is 0 Å². The second-order valence-corrected chi connectivity index (χ2v) is 5.07. The molecule has 0 saturated carbocycles. The standard InChI is InChI=1S/C13H29N3O2.ClH/c1-5-7-13(2,14)12(17)15-8-10-16(3)9-6-11-18-4;/h5-11,14H2,1-4H3,(H,15,17);1H. The fourth-order valence-electron chi connectivity index (χ4n) is 1.79. The number of ether oxygens (including phenoxy) is 1. The van der Waals surface area contributed by atoms with Crippen LogP contribution in [-0.2, 0) is 9.53 Å². The number of amides is 1. The Bertz CT molecular complexity index is 238. The predicted molar refractivity (Wildman–Crippen MR) is 81.7 cm³/mol. The lowest BCUT2D eigenvalue weighted by molar-refractivity contribution is -0.126. The van der Waals surface area contributed by atoms with Gasteiger partial charge in [0, 0.05) is 33.4 Å². The van der Waals surface area contributed by atoms with Crippen LogP contribution in [0.5, 0.6) is 0 Å². The van der Waals surface area contributed by atoms with Crippen LogP contribution in [0.15, 0.2) is 0 Å². The third kappa shape index (κ3) is 10.1. The van der Waals surface area contributed by atoms with Crippen molar-refractivity contribution in [2.45, 2.75) is 38.6 Å². The number of carbonyl (C=O) groups excluding carboxylic acids is 1. The third-order valence-electron chi connectivity index (χ3n) is 2.96. The minimum atomic E-state index is -0.747. The van der Waals surface area contributed by atoms with Crippen molar-refractivity contribution in [3.05, 3.63) is 0 Å². The molecule has 6 heteroatoms. The fraction of sp³-hybridized carbons (Fsp3) is 0.923. The van der Waals surface area contributed by atoms with E-state index in [2.05, 4.69) is 10.2 Å². The van der Waals surface area contributed by atoms with Crippen LogP contribution in [0.25, 0.3) is 0 Å². The summed E-state index contributed by atoms with van der Waals surface area (Å²) in [5.41, 5.74) is 5.20. The van der Waals surface area contributed by atoms with Gasteiger partial charge in [-0.1, -0.05) is 13.3 Å². The average Bonchev–Trinajstić information content (AvgIpc) is 2.29. The van der Waals surface area contributed by atoms with E-state index >= 15 is 0 Å². The van der Waals surface area contributed by atoms with Crippen LogP contribution in [0.3, 0.4) is 0 Å². The van der Waals surface area contributed by atoms with Crippen LogP contribution in [0.2, 0.25) is 0 Å². The summed E-state index contributed by atoms with van der Waals surface area (Å²) in [5, 5.41) is 2.89. The first-order valence-corrected chi connectivity index (χ1v) is 6.68. The minimum Gasteiger partial charge on any atom is -0.385 e. The molecule has 0 aliphatic rings. The van der Waals surface area contributed by atoms with Gasteiger partial charge in [-0.2, -0.15) is 0 Å². The summed E-state index contributed by atoms with van der Waals surface area (Å²) in [6, 6.07) is 0. The molecule has 0 aromatic carbocycles. The Kier molecular flexibility index (Phi) is 12.6. The zero-order valence-electron chi connectivity index (χ0n) is 12.7. The molecule has 0 bridgehead atoms. The van der Waals surface area contributed by atoms with Crippen molar-refractivity contribution >= 4 is 18.3 Å². The van der Waals surface area contributed by atoms with Crippen molar-refractivity contribution in [2.24, 2.45) is 5.73 Å². The lowest BCUT2D eigenvalue weighted by atomic mass is 9.97. The van der Waals surface area contributed by atoms with Crippen LogP contribution < -0.4 is 11.1 Å². The van der Waals surface area contributed by atoms with Crippen LogP contribution in [-0.4, -0.2) is 56.7 Å². The average molecular weight is 296 g/mol. The van der Waals surface area contributed by atoms with E-state index in [0.717, 1.165) is 32.5 Å². The number of methoxy groups -OCH3 is 1. The van der Waals surface area contributed by atoms with Crippen LogP contribution in [0.1, 0.15) is 33.1 Å². The van der Waals surface area contributed by atoms with E-state index in [-0.39, 0.29) is 18.3 Å². The van der Waals surface area contributed by atoms with Crippen molar-refractivity contribution < 1.29 is 9.53 Å². The number of nitrogens with one attached hydrogen (secondary N) is 1. The first-order valence-electron chi connectivity index (χ1n) is 6.68. The number of halogens is 1. The van der Waals surface area contributed by atoms with Gasteiger partial charge in [0.15, 0.2) is 0 Å². The summed E-state index contributed by atoms with van der Waals surface area (Å²) in [5.74, 6) is -0.0605. The fourth-order valence-corrected chi connectivity index (χ4v) is 1.79. The third-order valence-corrected chi connectivity index (χ3v) is 2.96. The Morgan fingerprint density at radius 1 is 1.42 bits per heavy atom. The molecule has 0 heterocycles. The Hall–Kier alpha value is -0.360. The highest BCUT2D eigenvalue weighted by Crippen LogP contribution is 2.07. The maximum Gasteiger partial charge on any atom is 0.239 e. The maximum atomic E-state index is 11.8. The number of carbonyl (C=O) groups is 1. The lowest BCUT2D eigenvalue weighted by Gasteiger charge is -2.24. The van der Waals surface area contributed by atoms with Gasteiger partial charge in [0.25, 0.3) is 0 Å². The van der Waals surface area contributed by atoms with Gasteiger partial charge in [-0.25, -0.2) is 0 Å². The summed E-state index contributed by atoms with van der Waals surface area (Å²) in [6.07, 6.45) is 2.63. The summed E-state index contributed by atoms with van der Waals surface area (Å²) in [7, 11) is 3.74. The number of likely N-dealkylation sites (N-methyl/N-ethyl adjacent to an activating group) is 1. The topological polar surface area (TPSA) is 67.6 Å². The van der Waals surface area contributed by atoms with E-state index in [1.165, 1.54) is 0 Å². The molecule has 0 aliphatic heterocycles. The molecule has 0 aromatic heterocycles. The molecular weight excluding hydrogens is 266 g/mol. The Balaban J connectivity index is 0. The van der Waals surface area contributed by atoms with E-state index in [1.54, 1.807) is 14.0 Å². The second kappa shape index (κ2) is 11.5. The lowest BCUT2D eigenvalue weighted by Crippen LogP contribution is -2.52. The summed E-state index contributed by atoms with van der Waals surface area (Å²) in [6.45, 7) is 7.03. The normalized spacial score (nSPS) is 13.8. The molecule has 3 N–H and O–H groups in total. The highest BCUT2D eigenvalue weighted by molar-refractivity contribution is 5.85. The summed E-state index contributed by atoms with van der Waals surface area (Å²) >= 11 is 0. The van der Waals surface area contributed by atoms with Gasteiger partial charge in [-0.15, -0.1) is 12.4 Å². The Labute approximate surface area is 123 Å². The largest absolute Gasteiger partial charge is 0.385 e. The molecule has 0 aliphatic carbocycles. The number of hydrogen-bond donors (Lipinski definition) is 2. The van der Waals surface area contributed by atoms with Gasteiger partial charge in [0.05, 0.1) is 5.54 Å². The van der Waals surface area contributed by atoms with Crippen LogP contribution in [0.4, 0.5) is 0 Å². The van der Waals surface area contributed by atoms with Crippen molar-refractivity contribution in [1.82, 2.24) is 10.2 Å². The number of hydrogen-bond acceptors (Lipinski definition) is 4. The minimum absolute atomic E-state index is 0. The Morgan fingerprint density at radius 3 is 2.58 bits per heavy atom. The van der Waals surface area contributed by atoms with Gasteiger partial charge in [0.2, 0.25) is 5.91 Å². The molecule has 1 atom stereocenters. The van der Waals surface area contributed by atoms with Crippen LogP contribution >= 0.6 is 12.4 Å². The molecule has 1 amide bonds. The maximum absolute atomic E-state index is 11.8. The first kappa shape index (κ1) is 20.9. The van der Waals surface area contributed by atoms with E-state index in [1.807, 2.05) is 14.0 Å². The van der Waals surface area contributed by atoms with E-state index < -0.39 is 5.54 Å². The zero-order valence-corrected chi connectivity index (χ0v) is 13.5. The molecule has 0 aromatic rings. The molecule has 1 unspecified atom stereocenters. The molecule has 0 saturated heterocycles. The van der Waals surface area contributed by atoms with Crippen LogP contribution in [0, 0.1) is 0 Å². The first-order chi connectivity index (χ1) is 8.44. The van der Waals surface area contributed by atoms with Gasteiger partial charge < -0.3 is 20.7 Å². The van der Waals surface area contributed by atoms with Gasteiger partial charge in [-0.3, -0.25) is 4.79 Å².